The lowest BCUT2D eigenvalue weighted by Crippen LogP contribution is -2.21. The van der Waals surface area contributed by atoms with Gasteiger partial charge in [-0.1, -0.05) is 18.2 Å². The summed E-state index contributed by atoms with van der Waals surface area (Å²) in [7, 11) is 0. The van der Waals surface area contributed by atoms with Gasteiger partial charge < -0.3 is 40.1 Å². The van der Waals surface area contributed by atoms with Crippen LogP contribution in [0, 0.1) is 0 Å². The Labute approximate surface area is 226 Å². The molecule has 2 atom stereocenters. The standard InChI is InChI=1S/C30H22O10/c31-15-4-1-13(2-5-15)24-12-23(38)29-21(36)10-20(35)27(30(29)40-24)17-7-14(3-6-18(17)33)25-11-22(37)28-19(34)8-16(32)9-26(28)39-25/h1-10,24-25,31-36H,11-12H2. The van der Waals surface area contributed by atoms with Crippen molar-refractivity contribution < 1.29 is 49.7 Å². The van der Waals surface area contributed by atoms with Crippen LogP contribution in [0.1, 0.15) is 56.9 Å². The van der Waals surface area contributed by atoms with E-state index in [9.17, 15) is 40.2 Å². The SMILES string of the molecule is O=C1CC(c2ccc(O)c(-c3c(O)cc(O)c4c3OC(c3ccc(O)cc3)CC4=O)c2)Oc2cc(O)cc(O)c21. The summed E-state index contributed by atoms with van der Waals surface area (Å²) < 4.78 is 12.0. The van der Waals surface area contributed by atoms with Crippen LogP contribution >= 0.6 is 0 Å². The van der Waals surface area contributed by atoms with E-state index in [1.165, 1.54) is 36.4 Å². The van der Waals surface area contributed by atoms with Crippen LogP contribution in [0.2, 0.25) is 0 Å². The zero-order valence-electron chi connectivity index (χ0n) is 20.7. The van der Waals surface area contributed by atoms with Gasteiger partial charge in [0.1, 0.15) is 69.3 Å². The number of phenolic OH excluding ortho intramolecular Hbond substituents is 6. The van der Waals surface area contributed by atoms with Crippen LogP contribution in [-0.4, -0.2) is 42.2 Å². The minimum absolute atomic E-state index is 0.0103. The van der Waals surface area contributed by atoms with Gasteiger partial charge in [0.25, 0.3) is 0 Å². The number of phenols is 6. The number of aromatic hydroxyl groups is 6. The predicted molar refractivity (Wildman–Crippen MR) is 139 cm³/mol. The van der Waals surface area contributed by atoms with Gasteiger partial charge >= 0.3 is 0 Å². The molecule has 0 aliphatic carbocycles. The summed E-state index contributed by atoms with van der Waals surface area (Å²) in [6, 6.07) is 13.6. The summed E-state index contributed by atoms with van der Waals surface area (Å²) in [5.41, 5.74) is 0.769. The first-order chi connectivity index (χ1) is 19.1. The van der Waals surface area contributed by atoms with E-state index in [1.54, 1.807) is 12.1 Å². The minimum Gasteiger partial charge on any atom is -0.508 e. The summed E-state index contributed by atoms with van der Waals surface area (Å²) in [6.45, 7) is 0. The fourth-order valence-corrected chi connectivity index (χ4v) is 5.17. The predicted octanol–water partition coefficient (Wildman–Crippen LogP) is 5.00. The molecule has 40 heavy (non-hydrogen) atoms. The van der Waals surface area contributed by atoms with E-state index in [4.69, 9.17) is 9.47 Å². The Kier molecular flexibility index (Phi) is 5.69. The molecule has 2 aliphatic heterocycles. The molecule has 0 saturated heterocycles. The lowest BCUT2D eigenvalue weighted by atomic mass is 9.89. The first-order valence-electron chi connectivity index (χ1n) is 12.3. The third kappa shape index (κ3) is 4.06. The number of Topliss-reactive ketones (excluding diaryl/α,β-unsaturated/α-hetero) is 2. The number of benzene rings is 4. The molecule has 2 aliphatic rings. The quantitative estimate of drug-likeness (QED) is 0.207. The molecular weight excluding hydrogens is 520 g/mol. The Bertz CT molecular complexity index is 1710. The van der Waals surface area contributed by atoms with Crippen LogP contribution in [0.25, 0.3) is 11.1 Å². The van der Waals surface area contributed by atoms with Gasteiger partial charge in [0.2, 0.25) is 0 Å². The maximum absolute atomic E-state index is 13.1. The molecule has 6 rings (SSSR count). The molecule has 0 aromatic heterocycles. The van der Waals surface area contributed by atoms with E-state index in [0.29, 0.717) is 11.1 Å². The Balaban J connectivity index is 1.45. The topological polar surface area (TPSA) is 174 Å². The van der Waals surface area contributed by atoms with Crippen molar-refractivity contribution in [3.05, 3.63) is 82.9 Å². The number of ether oxygens (including phenoxy) is 2. The van der Waals surface area contributed by atoms with E-state index in [-0.39, 0.29) is 63.8 Å². The highest BCUT2D eigenvalue weighted by Crippen LogP contribution is 2.52. The summed E-state index contributed by atoms with van der Waals surface area (Å²) in [5, 5.41) is 61.8. The molecule has 0 bridgehead atoms. The maximum Gasteiger partial charge on any atom is 0.174 e. The molecule has 0 spiro atoms. The highest BCUT2D eigenvalue weighted by atomic mass is 16.5. The van der Waals surface area contributed by atoms with Crippen molar-refractivity contribution in [3.63, 3.8) is 0 Å². The number of fused-ring (bicyclic) bond motifs is 2. The van der Waals surface area contributed by atoms with Gasteiger partial charge in [0.05, 0.1) is 18.4 Å². The molecule has 6 N–H and O–H groups in total. The Hall–Kier alpha value is -5.38. The van der Waals surface area contributed by atoms with Crippen LogP contribution in [-0.2, 0) is 0 Å². The van der Waals surface area contributed by atoms with Crippen LogP contribution in [0.15, 0.2) is 60.7 Å². The summed E-state index contributed by atoms with van der Waals surface area (Å²) in [6.07, 6.45) is -1.95. The first kappa shape index (κ1) is 24.9. The molecule has 4 aromatic rings. The number of hydrogen-bond acceptors (Lipinski definition) is 10. The molecule has 2 heterocycles. The smallest absolute Gasteiger partial charge is 0.174 e. The molecule has 202 valence electrons. The van der Waals surface area contributed by atoms with E-state index in [2.05, 4.69) is 0 Å². The van der Waals surface area contributed by atoms with Gasteiger partial charge in [0, 0.05) is 23.8 Å². The second-order valence-electron chi connectivity index (χ2n) is 9.67. The fraction of sp³-hybridized carbons (Fsp3) is 0.133. The average molecular weight is 542 g/mol. The summed E-state index contributed by atoms with van der Waals surface area (Å²) in [4.78, 5) is 25.9. The molecule has 0 saturated carbocycles. The lowest BCUT2D eigenvalue weighted by Gasteiger charge is -2.29. The third-order valence-corrected chi connectivity index (χ3v) is 7.06. The maximum atomic E-state index is 13.1. The van der Waals surface area contributed by atoms with Crippen molar-refractivity contribution in [2.75, 3.05) is 0 Å². The van der Waals surface area contributed by atoms with Gasteiger partial charge in [-0.15, -0.1) is 0 Å². The average Bonchev–Trinajstić information content (AvgIpc) is 2.89. The van der Waals surface area contributed by atoms with E-state index >= 15 is 0 Å². The molecule has 4 aromatic carbocycles. The van der Waals surface area contributed by atoms with E-state index in [0.717, 1.165) is 12.1 Å². The normalized spacial score (nSPS) is 17.9. The van der Waals surface area contributed by atoms with Crippen molar-refractivity contribution in [1.29, 1.82) is 0 Å². The van der Waals surface area contributed by atoms with Crippen molar-refractivity contribution in [2.24, 2.45) is 0 Å². The van der Waals surface area contributed by atoms with Gasteiger partial charge in [-0.05, 0) is 35.4 Å². The number of rotatable bonds is 3. The van der Waals surface area contributed by atoms with Gasteiger partial charge in [-0.2, -0.15) is 0 Å². The van der Waals surface area contributed by atoms with Crippen LogP contribution < -0.4 is 9.47 Å². The minimum atomic E-state index is -0.872. The molecule has 2 unspecified atom stereocenters. The van der Waals surface area contributed by atoms with Crippen LogP contribution in [0.5, 0.6) is 46.0 Å². The first-order valence-corrected chi connectivity index (χ1v) is 12.3. The second kappa shape index (κ2) is 9.12. The highest BCUT2D eigenvalue weighted by molar-refractivity contribution is 6.06. The van der Waals surface area contributed by atoms with Crippen molar-refractivity contribution >= 4 is 11.6 Å². The molecular formula is C30H22O10. The molecule has 10 nitrogen and oxygen atoms in total. The molecule has 10 heteroatoms. The van der Waals surface area contributed by atoms with E-state index in [1.807, 2.05) is 0 Å². The second-order valence-corrected chi connectivity index (χ2v) is 9.67. The van der Waals surface area contributed by atoms with E-state index < -0.39 is 41.0 Å². The third-order valence-electron chi connectivity index (χ3n) is 7.06. The van der Waals surface area contributed by atoms with Crippen molar-refractivity contribution in [3.8, 4) is 57.1 Å². The molecule has 0 fully saturated rings. The number of carbonyl (C=O) groups excluding carboxylic acids is 2. The van der Waals surface area contributed by atoms with Crippen molar-refractivity contribution in [2.45, 2.75) is 25.0 Å². The monoisotopic (exact) mass is 542 g/mol. The van der Waals surface area contributed by atoms with Gasteiger partial charge in [0.15, 0.2) is 11.6 Å². The zero-order chi connectivity index (χ0) is 28.3. The highest BCUT2D eigenvalue weighted by Gasteiger charge is 2.36. The summed E-state index contributed by atoms with van der Waals surface area (Å²) >= 11 is 0. The Morgan fingerprint density at radius 3 is 1.88 bits per heavy atom. The van der Waals surface area contributed by atoms with Gasteiger partial charge in [-0.3, -0.25) is 9.59 Å². The fourth-order valence-electron chi connectivity index (χ4n) is 5.17. The number of ketones is 2. The van der Waals surface area contributed by atoms with Crippen molar-refractivity contribution in [1.82, 2.24) is 0 Å². The molecule has 0 radical (unpaired) electrons. The number of carbonyl (C=O) groups is 2. The number of hydrogen-bond donors (Lipinski definition) is 6. The lowest BCUT2D eigenvalue weighted by molar-refractivity contribution is 0.0834. The largest absolute Gasteiger partial charge is 0.508 e. The Morgan fingerprint density at radius 2 is 1.15 bits per heavy atom. The Morgan fingerprint density at radius 1 is 0.550 bits per heavy atom. The molecule has 0 amide bonds. The summed E-state index contributed by atoms with van der Waals surface area (Å²) in [5.74, 6) is -2.93. The van der Waals surface area contributed by atoms with Gasteiger partial charge in [-0.25, -0.2) is 0 Å². The van der Waals surface area contributed by atoms with Crippen LogP contribution in [0.3, 0.4) is 0 Å². The van der Waals surface area contributed by atoms with Crippen LogP contribution in [0.4, 0.5) is 0 Å². The zero-order valence-corrected chi connectivity index (χ0v) is 20.7.